The van der Waals surface area contributed by atoms with Crippen LogP contribution in [0.1, 0.15) is 18.7 Å². The van der Waals surface area contributed by atoms with E-state index in [9.17, 15) is 0 Å². The van der Waals surface area contributed by atoms with E-state index in [0.717, 1.165) is 34.6 Å². The van der Waals surface area contributed by atoms with E-state index in [0.29, 0.717) is 11.8 Å². The molecule has 3 heterocycles. The quantitative estimate of drug-likeness (QED) is 0.885. The van der Waals surface area contributed by atoms with Crippen molar-refractivity contribution in [1.82, 2.24) is 20.3 Å². The molecular formula is C11H13BrN4. The lowest BCUT2D eigenvalue weighted by molar-refractivity contribution is 0.297. The van der Waals surface area contributed by atoms with Crippen LogP contribution in [0.4, 0.5) is 0 Å². The SMILES string of the molecule is CC(c1nc2ncc(Br)cc2[nH]1)C1CNC1. The minimum Gasteiger partial charge on any atom is -0.340 e. The van der Waals surface area contributed by atoms with Crippen LogP contribution in [0.15, 0.2) is 16.7 Å². The maximum atomic E-state index is 4.54. The van der Waals surface area contributed by atoms with Crippen LogP contribution >= 0.6 is 15.9 Å². The Bertz CT molecular complexity index is 518. The van der Waals surface area contributed by atoms with Crippen LogP contribution in [-0.4, -0.2) is 28.0 Å². The van der Waals surface area contributed by atoms with E-state index < -0.39 is 0 Å². The van der Waals surface area contributed by atoms with Crippen LogP contribution in [0.25, 0.3) is 11.2 Å². The molecule has 16 heavy (non-hydrogen) atoms. The van der Waals surface area contributed by atoms with Gasteiger partial charge in [-0.05, 0) is 41.0 Å². The predicted molar refractivity (Wildman–Crippen MR) is 66.4 cm³/mol. The summed E-state index contributed by atoms with van der Waals surface area (Å²) < 4.78 is 0.980. The highest BCUT2D eigenvalue weighted by Gasteiger charge is 2.26. The minimum atomic E-state index is 0.467. The first-order valence-electron chi connectivity index (χ1n) is 5.46. The molecule has 84 valence electrons. The van der Waals surface area contributed by atoms with Crippen molar-refractivity contribution in [1.29, 1.82) is 0 Å². The van der Waals surface area contributed by atoms with Crippen molar-refractivity contribution in [3.8, 4) is 0 Å². The number of H-pyrrole nitrogens is 1. The molecule has 1 unspecified atom stereocenters. The molecule has 0 saturated carbocycles. The van der Waals surface area contributed by atoms with E-state index in [1.54, 1.807) is 6.20 Å². The molecule has 2 N–H and O–H groups in total. The molecule has 0 spiro atoms. The Morgan fingerprint density at radius 2 is 2.31 bits per heavy atom. The van der Waals surface area contributed by atoms with Crippen LogP contribution < -0.4 is 5.32 Å². The third kappa shape index (κ3) is 1.64. The molecule has 4 nitrogen and oxygen atoms in total. The lowest BCUT2D eigenvalue weighted by Crippen LogP contribution is -2.44. The van der Waals surface area contributed by atoms with Crippen molar-refractivity contribution in [3.63, 3.8) is 0 Å². The number of pyridine rings is 1. The zero-order valence-corrected chi connectivity index (χ0v) is 10.6. The van der Waals surface area contributed by atoms with E-state index >= 15 is 0 Å². The van der Waals surface area contributed by atoms with Crippen molar-refractivity contribution in [3.05, 3.63) is 22.6 Å². The maximum Gasteiger partial charge on any atom is 0.177 e. The van der Waals surface area contributed by atoms with Gasteiger partial charge in [0, 0.05) is 16.6 Å². The summed E-state index contributed by atoms with van der Waals surface area (Å²) in [6, 6.07) is 2.02. The van der Waals surface area contributed by atoms with Gasteiger partial charge in [0.2, 0.25) is 0 Å². The summed E-state index contributed by atoms with van der Waals surface area (Å²) in [4.78, 5) is 12.2. The molecule has 5 heteroatoms. The molecule has 0 aliphatic carbocycles. The van der Waals surface area contributed by atoms with E-state index in [2.05, 4.69) is 43.1 Å². The summed E-state index contributed by atoms with van der Waals surface area (Å²) in [5.74, 6) is 2.21. The zero-order chi connectivity index (χ0) is 11.1. The highest BCUT2D eigenvalue weighted by atomic mass is 79.9. The maximum absolute atomic E-state index is 4.54. The van der Waals surface area contributed by atoms with E-state index in [4.69, 9.17) is 0 Å². The second kappa shape index (κ2) is 3.82. The standard InChI is InChI=1S/C11H13BrN4/c1-6(7-3-13-4-7)10-15-9-2-8(12)5-14-11(9)16-10/h2,5-7,13H,3-4H2,1H3,(H,14,15,16). The van der Waals surface area contributed by atoms with Crippen LogP contribution in [0.5, 0.6) is 0 Å². The average Bonchev–Trinajstić information content (AvgIpc) is 2.57. The van der Waals surface area contributed by atoms with Gasteiger partial charge in [0.25, 0.3) is 0 Å². The summed E-state index contributed by atoms with van der Waals surface area (Å²) in [5.41, 5.74) is 1.81. The minimum absolute atomic E-state index is 0.467. The van der Waals surface area contributed by atoms with Gasteiger partial charge >= 0.3 is 0 Å². The van der Waals surface area contributed by atoms with Crippen molar-refractivity contribution in [2.75, 3.05) is 13.1 Å². The molecule has 0 bridgehead atoms. The number of halogens is 1. The van der Waals surface area contributed by atoms with E-state index in [-0.39, 0.29) is 0 Å². The first-order chi connectivity index (χ1) is 7.74. The molecule has 3 rings (SSSR count). The second-order valence-corrected chi connectivity index (χ2v) is 5.27. The molecule has 0 radical (unpaired) electrons. The van der Waals surface area contributed by atoms with Crippen LogP contribution in [0.3, 0.4) is 0 Å². The summed E-state index contributed by atoms with van der Waals surface area (Å²) in [7, 11) is 0. The number of fused-ring (bicyclic) bond motifs is 1. The number of imidazole rings is 1. The lowest BCUT2D eigenvalue weighted by Gasteiger charge is -2.31. The van der Waals surface area contributed by atoms with Gasteiger partial charge in [-0.15, -0.1) is 0 Å². The second-order valence-electron chi connectivity index (χ2n) is 4.35. The first-order valence-corrected chi connectivity index (χ1v) is 6.25. The molecule has 1 aliphatic rings. The van der Waals surface area contributed by atoms with Gasteiger partial charge in [0.05, 0.1) is 5.52 Å². The Morgan fingerprint density at radius 1 is 1.50 bits per heavy atom. The molecule has 1 atom stereocenters. The van der Waals surface area contributed by atoms with Gasteiger partial charge < -0.3 is 10.3 Å². The average molecular weight is 281 g/mol. The van der Waals surface area contributed by atoms with Gasteiger partial charge in [-0.2, -0.15) is 0 Å². The predicted octanol–water partition coefficient (Wildman–Crippen LogP) is 2.04. The summed E-state index contributed by atoms with van der Waals surface area (Å²) in [6.07, 6.45) is 1.78. The van der Waals surface area contributed by atoms with Crippen LogP contribution in [0.2, 0.25) is 0 Å². The summed E-state index contributed by atoms with van der Waals surface area (Å²) in [6.45, 7) is 4.41. The van der Waals surface area contributed by atoms with E-state index in [1.807, 2.05) is 6.07 Å². The van der Waals surface area contributed by atoms with Crippen LogP contribution in [0, 0.1) is 5.92 Å². The molecule has 2 aromatic rings. The van der Waals surface area contributed by atoms with Gasteiger partial charge in [-0.25, -0.2) is 9.97 Å². The highest BCUT2D eigenvalue weighted by Crippen LogP contribution is 2.26. The summed E-state index contributed by atoms with van der Waals surface area (Å²) >= 11 is 3.41. The molecule has 2 aromatic heterocycles. The smallest absolute Gasteiger partial charge is 0.177 e. The highest BCUT2D eigenvalue weighted by molar-refractivity contribution is 9.10. The molecule has 1 aliphatic heterocycles. The van der Waals surface area contributed by atoms with Gasteiger partial charge in [-0.1, -0.05) is 6.92 Å². The van der Waals surface area contributed by atoms with Crippen molar-refractivity contribution < 1.29 is 0 Å². The number of hydrogen-bond donors (Lipinski definition) is 2. The zero-order valence-electron chi connectivity index (χ0n) is 9.00. The largest absolute Gasteiger partial charge is 0.340 e. The van der Waals surface area contributed by atoms with E-state index in [1.165, 1.54) is 0 Å². The molecular weight excluding hydrogens is 268 g/mol. The van der Waals surface area contributed by atoms with Gasteiger partial charge in [0.1, 0.15) is 5.82 Å². The Hall–Kier alpha value is -0.940. The Balaban J connectivity index is 1.97. The lowest BCUT2D eigenvalue weighted by atomic mass is 9.88. The third-order valence-electron chi connectivity index (χ3n) is 3.27. The monoisotopic (exact) mass is 280 g/mol. The normalized spacial score (nSPS) is 18.6. The number of aromatic amines is 1. The molecule has 1 saturated heterocycles. The Labute approximate surface area is 102 Å². The molecule has 0 amide bonds. The number of nitrogens with zero attached hydrogens (tertiary/aromatic N) is 2. The Kier molecular flexibility index (Phi) is 2.44. The van der Waals surface area contributed by atoms with Crippen molar-refractivity contribution >= 4 is 27.1 Å². The fourth-order valence-corrected chi connectivity index (χ4v) is 2.33. The molecule has 0 aromatic carbocycles. The van der Waals surface area contributed by atoms with Crippen molar-refractivity contribution in [2.45, 2.75) is 12.8 Å². The topological polar surface area (TPSA) is 53.6 Å². The van der Waals surface area contributed by atoms with Gasteiger partial charge in [0.15, 0.2) is 5.65 Å². The fraction of sp³-hybridized carbons (Fsp3) is 0.455. The summed E-state index contributed by atoms with van der Waals surface area (Å²) in [5, 5.41) is 3.29. The van der Waals surface area contributed by atoms with Gasteiger partial charge in [-0.3, -0.25) is 0 Å². The van der Waals surface area contributed by atoms with Crippen molar-refractivity contribution in [2.24, 2.45) is 5.92 Å². The number of hydrogen-bond acceptors (Lipinski definition) is 3. The number of aromatic nitrogens is 3. The third-order valence-corrected chi connectivity index (χ3v) is 3.71. The fourth-order valence-electron chi connectivity index (χ4n) is 2.00. The first kappa shape index (κ1) is 10.2. The number of nitrogens with one attached hydrogen (secondary N) is 2. The molecule has 1 fully saturated rings. The Morgan fingerprint density at radius 3 is 3.00 bits per heavy atom. The van der Waals surface area contributed by atoms with Crippen LogP contribution in [-0.2, 0) is 0 Å². The number of rotatable bonds is 2.